The highest BCUT2D eigenvalue weighted by Gasteiger charge is 2.38. The molecule has 1 amide bonds. The van der Waals surface area contributed by atoms with Crippen LogP contribution >= 0.6 is 0 Å². The van der Waals surface area contributed by atoms with E-state index >= 15 is 0 Å². The van der Waals surface area contributed by atoms with Crippen molar-refractivity contribution in [1.82, 2.24) is 4.90 Å². The summed E-state index contributed by atoms with van der Waals surface area (Å²) in [4.78, 5) is 35.5. The van der Waals surface area contributed by atoms with Crippen LogP contribution in [0.25, 0.3) is 0 Å². The number of aromatic carboxylic acids is 1. The van der Waals surface area contributed by atoms with Gasteiger partial charge in [-0.3, -0.25) is 9.59 Å². The minimum Gasteiger partial charge on any atom is -0.478 e. The Bertz CT molecular complexity index is 509. The van der Waals surface area contributed by atoms with Gasteiger partial charge >= 0.3 is 5.97 Å². The van der Waals surface area contributed by atoms with E-state index < -0.39 is 12.0 Å². The van der Waals surface area contributed by atoms with Crippen molar-refractivity contribution in [2.24, 2.45) is 0 Å². The number of hydrogen-bond acceptors (Lipinski definition) is 3. The summed E-state index contributed by atoms with van der Waals surface area (Å²) in [5, 5.41) is 9.05. The molecule has 1 aliphatic heterocycles. The fourth-order valence-corrected chi connectivity index (χ4v) is 2.04. The van der Waals surface area contributed by atoms with Crippen molar-refractivity contribution in [3.05, 3.63) is 35.4 Å². The highest BCUT2D eigenvalue weighted by Crippen LogP contribution is 2.30. The molecular formula is C12H11NO4. The zero-order valence-electron chi connectivity index (χ0n) is 9.21. The van der Waals surface area contributed by atoms with Crippen molar-refractivity contribution in [1.29, 1.82) is 0 Å². The van der Waals surface area contributed by atoms with E-state index in [1.54, 1.807) is 18.2 Å². The molecule has 0 spiro atoms. The van der Waals surface area contributed by atoms with E-state index in [1.165, 1.54) is 18.0 Å². The number of ketones is 1. The molecule has 1 fully saturated rings. The van der Waals surface area contributed by atoms with E-state index in [1.807, 2.05) is 0 Å². The van der Waals surface area contributed by atoms with Crippen LogP contribution in [0.3, 0.4) is 0 Å². The van der Waals surface area contributed by atoms with Gasteiger partial charge in [-0.25, -0.2) is 4.79 Å². The number of carboxylic acids is 1. The van der Waals surface area contributed by atoms with Crippen LogP contribution in [0.5, 0.6) is 0 Å². The average Bonchev–Trinajstić information content (AvgIpc) is 2.53. The number of carboxylic acid groups (broad SMARTS) is 1. The molecule has 17 heavy (non-hydrogen) atoms. The Morgan fingerprint density at radius 1 is 1.35 bits per heavy atom. The standard InChI is InChI=1S/C12H11NO4/c1-13-10(15)6-9(14)11(13)7-4-2-3-5-8(7)12(16)17/h2-5,11H,6H2,1H3,(H,16,17). The van der Waals surface area contributed by atoms with Crippen molar-refractivity contribution in [2.45, 2.75) is 12.5 Å². The number of benzene rings is 1. The molecule has 1 aromatic rings. The number of amides is 1. The zero-order valence-corrected chi connectivity index (χ0v) is 9.21. The Labute approximate surface area is 97.7 Å². The summed E-state index contributed by atoms with van der Waals surface area (Å²) in [7, 11) is 1.51. The lowest BCUT2D eigenvalue weighted by Gasteiger charge is -2.20. The van der Waals surface area contributed by atoms with Gasteiger partial charge in [0, 0.05) is 7.05 Å². The first-order chi connectivity index (χ1) is 8.02. The van der Waals surface area contributed by atoms with Gasteiger partial charge in [0.05, 0.1) is 12.0 Å². The molecule has 1 heterocycles. The molecule has 1 N–H and O–H groups in total. The van der Waals surface area contributed by atoms with E-state index in [9.17, 15) is 14.4 Å². The summed E-state index contributed by atoms with van der Waals surface area (Å²) in [6, 6.07) is 5.48. The van der Waals surface area contributed by atoms with Crippen molar-refractivity contribution in [3.63, 3.8) is 0 Å². The first-order valence-electron chi connectivity index (χ1n) is 5.13. The molecule has 0 bridgehead atoms. The summed E-state index contributed by atoms with van der Waals surface area (Å²) in [6.45, 7) is 0. The van der Waals surface area contributed by atoms with Crippen LogP contribution in [0.1, 0.15) is 28.4 Å². The smallest absolute Gasteiger partial charge is 0.336 e. The SMILES string of the molecule is CN1C(=O)CC(=O)C1c1ccccc1C(=O)O. The number of rotatable bonds is 2. The van der Waals surface area contributed by atoms with Crippen LogP contribution in [0.2, 0.25) is 0 Å². The van der Waals surface area contributed by atoms with Gasteiger partial charge in [0.15, 0.2) is 5.78 Å². The van der Waals surface area contributed by atoms with Crippen LogP contribution in [0.4, 0.5) is 0 Å². The van der Waals surface area contributed by atoms with E-state index in [4.69, 9.17) is 5.11 Å². The second kappa shape index (κ2) is 4.01. The van der Waals surface area contributed by atoms with Gasteiger partial charge < -0.3 is 10.0 Å². The summed E-state index contributed by atoms with van der Waals surface area (Å²) in [6.07, 6.45) is -0.158. The molecule has 1 atom stereocenters. The van der Waals surface area contributed by atoms with Gasteiger partial charge in [0.25, 0.3) is 0 Å². The monoisotopic (exact) mass is 233 g/mol. The largest absolute Gasteiger partial charge is 0.478 e. The van der Waals surface area contributed by atoms with E-state index in [0.29, 0.717) is 5.56 Å². The average molecular weight is 233 g/mol. The normalized spacial score (nSPS) is 19.8. The Morgan fingerprint density at radius 2 is 2.00 bits per heavy atom. The van der Waals surface area contributed by atoms with Crippen molar-refractivity contribution in [3.8, 4) is 0 Å². The molecule has 2 rings (SSSR count). The highest BCUT2D eigenvalue weighted by molar-refractivity contribution is 6.08. The number of Topliss-reactive ketones (excluding diaryl/α,β-unsaturated/α-hetero) is 1. The lowest BCUT2D eigenvalue weighted by atomic mass is 9.98. The molecular weight excluding hydrogens is 222 g/mol. The van der Waals surface area contributed by atoms with E-state index in [-0.39, 0.29) is 23.7 Å². The molecule has 0 radical (unpaired) electrons. The van der Waals surface area contributed by atoms with Crippen molar-refractivity contribution >= 4 is 17.7 Å². The van der Waals surface area contributed by atoms with Gasteiger partial charge in [0.1, 0.15) is 6.04 Å². The number of nitrogens with zero attached hydrogens (tertiary/aromatic N) is 1. The minimum atomic E-state index is -1.10. The predicted molar refractivity (Wildman–Crippen MR) is 58.5 cm³/mol. The Balaban J connectivity index is 2.51. The molecule has 1 aromatic carbocycles. The first kappa shape index (κ1) is 11.3. The Morgan fingerprint density at radius 3 is 2.53 bits per heavy atom. The predicted octanol–water partition coefficient (Wildman–Crippen LogP) is 0.857. The summed E-state index contributed by atoms with van der Waals surface area (Å²) in [5.74, 6) is -1.63. The maximum Gasteiger partial charge on any atom is 0.336 e. The topological polar surface area (TPSA) is 74.7 Å². The molecule has 88 valence electrons. The first-order valence-corrected chi connectivity index (χ1v) is 5.13. The van der Waals surface area contributed by atoms with Crippen LogP contribution in [0.15, 0.2) is 24.3 Å². The Kier molecular flexibility index (Phi) is 2.67. The number of carbonyl (C=O) groups excluding carboxylic acids is 2. The maximum absolute atomic E-state index is 11.7. The van der Waals surface area contributed by atoms with Crippen LogP contribution in [-0.2, 0) is 9.59 Å². The van der Waals surface area contributed by atoms with Crippen molar-refractivity contribution < 1.29 is 19.5 Å². The van der Waals surface area contributed by atoms with E-state index in [2.05, 4.69) is 0 Å². The fraction of sp³-hybridized carbons (Fsp3) is 0.250. The van der Waals surface area contributed by atoms with Crippen molar-refractivity contribution in [2.75, 3.05) is 7.05 Å². The molecule has 1 unspecified atom stereocenters. The lowest BCUT2D eigenvalue weighted by molar-refractivity contribution is -0.127. The van der Waals surface area contributed by atoms with Gasteiger partial charge in [-0.2, -0.15) is 0 Å². The van der Waals surface area contributed by atoms with Crippen LogP contribution in [-0.4, -0.2) is 34.7 Å². The third-order valence-electron chi connectivity index (χ3n) is 2.90. The molecule has 1 aliphatic rings. The van der Waals surface area contributed by atoms with Gasteiger partial charge in [-0.15, -0.1) is 0 Å². The van der Waals surface area contributed by atoms with E-state index in [0.717, 1.165) is 0 Å². The number of carbonyl (C=O) groups is 3. The van der Waals surface area contributed by atoms with Gasteiger partial charge in [-0.05, 0) is 11.6 Å². The highest BCUT2D eigenvalue weighted by atomic mass is 16.4. The molecule has 5 heteroatoms. The van der Waals surface area contributed by atoms with Crippen LogP contribution in [0, 0.1) is 0 Å². The molecule has 1 saturated heterocycles. The number of likely N-dealkylation sites (tertiary alicyclic amines) is 1. The quantitative estimate of drug-likeness (QED) is 0.768. The Hall–Kier alpha value is -2.17. The summed E-state index contributed by atoms with van der Waals surface area (Å²) in [5.41, 5.74) is 0.436. The van der Waals surface area contributed by atoms with Gasteiger partial charge in [-0.1, -0.05) is 18.2 Å². The third-order valence-corrected chi connectivity index (χ3v) is 2.90. The molecule has 0 aromatic heterocycles. The summed E-state index contributed by atoms with van der Waals surface area (Å²) >= 11 is 0. The molecule has 0 saturated carbocycles. The second-order valence-corrected chi connectivity index (χ2v) is 3.94. The second-order valence-electron chi connectivity index (χ2n) is 3.94. The zero-order chi connectivity index (χ0) is 12.6. The number of hydrogen-bond donors (Lipinski definition) is 1. The summed E-state index contributed by atoms with van der Waals surface area (Å²) < 4.78 is 0. The van der Waals surface area contributed by atoms with Gasteiger partial charge in [0.2, 0.25) is 5.91 Å². The number of likely N-dealkylation sites (N-methyl/N-ethyl adjacent to an activating group) is 1. The third kappa shape index (κ3) is 1.80. The minimum absolute atomic E-state index is 0.0624. The lowest BCUT2D eigenvalue weighted by Crippen LogP contribution is -2.26. The van der Waals surface area contributed by atoms with Crippen LogP contribution < -0.4 is 0 Å². The maximum atomic E-state index is 11.7. The molecule has 5 nitrogen and oxygen atoms in total. The fourth-order valence-electron chi connectivity index (χ4n) is 2.04. The molecule has 0 aliphatic carbocycles.